The van der Waals surface area contributed by atoms with Gasteiger partial charge in [-0.25, -0.2) is 13.4 Å². The molecule has 3 aromatic rings. The van der Waals surface area contributed by atoms with Crippen molar-refractivity contribution >= 4 is 43.0 Å². The van der Waals surface area contributed by atoms with Crippen LogP contribution in [0.5, 0.6) is 0 Å². The number of sulfone groups is 1. The molecule has 0 aliphatic carbocycles. The highest BCUT2D eigenvalue weighted by atomic mass is 32.2. The van der Waals surface area contributed by atoms with Crippen LogP contribution in [0.1, 0.15) is 17.8 Å². The largest absolute Gasteiger partial charge is 0.326 e. The molecule has 2 aromatic carbocycles. The van der Waals surface area contributed by atoms with Gasteiger partial charge in [0.05, 0.1) is 25.9 Å². The molecule has 0 aliphatic rings. The van der Waals surface area contributed by atoms with E-state index in [1.54, 1.807) is 47.7 Å². The second kappa shape index (κ2) is 7.33. The van der Waals surface area contributed by atoms with E-state index in [4.69, 9.17) is 0 Å². The molecule has 0 atom stereocenters. The van der Waals surface area contributed by atoms with Crippen LogP contribution in [0.25, 0.3) is 10.2 Å². The molecule has 0 saturated carbocycles. The normalized spacial score (nSPS) is 11.6. The van der Waals surface area contributed by atoms with Crippen LogP contribution in [0.4, 0.5) is 5.69 Å². The highest BCUT2D eigenvalue weighted by Gasteiger charge is 2.14. The van der Waals surface area contributed by atoms with Gasteiger partial charge in [-0.1, -0.05) is 18.2 Å². The summed E-state index contributed by atoms with van der Waals surface area (Å²) in [5, 5.41) is 3.79. The SMILES string of the molecule is Cc1nc2ccc(NC(=O)CCCS(=O)(=O)c3ccccc3)cc2s1. The molecule has 0 saturated heterocycles. The van der Waals surface area contributed by atoms with Crippen LogP contribution in [-0.4, -0.2) is 25.1 Å². The number of fused-ring (bicyclic) bond motifs is 1. The molecule has 25 heavy (non-hydrogen) atoms. The fraction of sp³-hybridized carbons (Fsp3) is 0.222. The van der Waals surface area contributed by atoms with E-state index in [0.717, 1.165) is 15.2 Å². The zero-order valence-electron chi connectivity index (χ0n) is 13.7. The van der Waals surface area contributed by atoms with Gasteiger partial charge in [-0.15, -0.1) is 11.3 Å². The van der Waals surface area contributed by atoms with Gasteiger partial charge in [0.2, 0.25) is 5.91 Å². The molecule has 3 rings (SSSR count). The standard InChI is InChI=1S/C18H18N2O3S2/c1-13-19-16-10-9-14(12-17(16)24-13)20-18(21)8-5-11-25(22,23)15-6-3-2-4-7-15/h2-4,6-7,9-10,12H,5,8,11H2,1H3,(H,20,21). The number of carbonyl (C=O) groups is 1. The van der Waals surface area contributed by atoms with Crippen molar-refractivity contribution in [3.8, 4) is 0 Å². The Balaban J connectivity index is 1.55. The third-order valence-corrected chi connectivity index (χ3v) is 6.45. The maximum atomic E-state index is 12.2. The first-order chi connectivity index (χ1) is 11.9. The van der Waals surface area contributed by atoms with E-state index in [1.807, 2.05) is 19.1 Å². The molecule has 0 radical (unpaired) electrons. The van der Waals surface area contributed by atoms with Crippen LogP contribution in [0.2, 0.25) is 0 Å². The van der Waals surface area contributed by atoms with Crippen molar-refractivity contribution in [1.29, 1.82) is 0 Å². The summed E-state index contributed by atoms with van der Waals surface area (Å²) in [6.45, 7) is 1.94. The van der Waals surface area contributed by atoms with Gasteiger partial charge in [0.15, 0.2) is 9.84 Å². The molecule has 1 N–H and O–H groups in total. The maximum absolute atomic E-state index is 12.2. The molecule has 5 nitrogen and oxygen atoms in total. The second-order valence-corrected chi connectivity index (χ2v) is 9.04. The van der Waals surface area contributed by atoms with Gasteiger partial charge in [-0.05, 0) is 43.7 Å². The van der Waals surface area contributed by atoms with Crippen LogP contribution in [-0.2, 0) is 14.6 Å². The monoisotopic (exact) mass is 374 g/mol. The summed E-state index contributed by atoms with van der Waals surface area (Å²) in [5.41, 5.74) is 1.61. The van der Waals surface area contributed by atoms with E-state index in [2.05, 4.69) is 10.3 Å². The Hall–Kier alpha value is -2.25. The van der Waals surface area contributed by atoms with Crippen molar-refractivity contribution in [1.82, 2.24) is 4.98 Å². The fourth-order valence-electron chi connectivity index (χ4n) is 2.51. The van der Waals surface area contributed by atoms with Gasteiger partial charge in [0.25, 0.3) is 0 Å². The molecule has 0 unspecified atom stereocenters. The number of hydrogen-bond acceptors (Lipinski definition) is 5. The zero-order valence-corrected chi connectivity index (χ0v) is 15.4. The van der Waals surface area contributed by atoms with E-state index in [9.17, 15) is 13.2 Å². The van der Waals surface area contributed by atoms with E-state index in [0.29, 0.717) is 10.6 Å². The number of hydrogen-bond donors (Lipinski definition) is 1. The smallest absolute Gasteiger partial charge is 0.224 e. The van der Waals surface area contributed by atoms with Gasteiger partial charge in [-0.3, -0.25) is 4.79 Å². The third-order valence-electron chi connectivity index (χ3n) is 3.70. The minimum Gasteiger partial charge on any atom is -0.326 e. The maximum Gasteiger partial charge on any atom is 0.224 e. The first kappa shape index (κ1) is 17.6. The minimum absolute atomic E-state index is 0.0441. The molecule has 7 heteroatoms. The van der Waals surface area contributed by atoms with Gasteiger partial charge in [-0.2, -0.15) is 0 Å². The van der Waals surface area contributed by atoms with Gasteiger partial charge in [0, 0.05) is 12.1 Å². The zero-order chi connectivity index (χ0) is 17.9. The lowest BCUT2D eigenvalue weighted by Gasteiger charge is -2.06. The number of benzene rings is 2. The third kappa shape index (κ3) is 4.43. The average molecular weight is 374 g/mol. The van der Waals surface area contributed by atoms with Crippen molar-refractivity contribution in [2.24, 2.45) is 0 Å². The lowest BCUT2D eigenvalue weighted by Crippen LogP contribution is -2.14. The van der Waals surface area contributed by atoms with Gasteiger partial charge >= 0.3 is 0 Å². The number of amides is 1. The Morgan fingerprint density at radius 3 is 2.68 bits per heavy atom. The van der Waals surface area contributed by atoms with Crippen LogP contribution in [0.15, 0.2) is 53.4 Å². The van der Waals surface area contributed by atoms with Gasteiger partial charge < -0.3 is 5.32 Å². The molecular weight excluding hydrogens is 356 g/mol. The molecule has 1 heterocycles. The number of thiazole rings is 1. The van der Waals surface area contributed by atoms with Crippen molar-refractivity contribution in [3.63, 3.8) is 0 Å². The van der Waals surface area contributed by atoms with Crippen LogP contribution in [0.3, 0.4) is 0 Å². The minimum atomic E-state index is -3.34. The van der Waals surface area contributed by atoms with Gasteiger partial charge in [0.1, 0.15) is 0 Å². The van der Waals surface area contributed by atoms with E-state index in [-0.39, 0.29) is 24.5 Å². The summed E-state index contributed by atoms with van der Waals surface area (Å²) in [6.07, 6.45) is 0.441. The quantitative estimate of drug-likeness (QED) is 0.712. The average Bonchev–Trinajstić information content (AvgIpc) is 2.95. The summed E-state index contributed by atoms with van der Waals surface area (Å²) < 4.78 is 25.4. The Labute approximate surface area is 150 Å². The number of aryl methyl sites for hydroxylation is 1. The van der Waals surface area contributed by atoms with Crippen molar-refractivity contribution in [2.45, 2.75) is 24.7 Å². The molecule has 1 aromatic heterocycles. The molecule has 0 bridgehead atoms. The molecule has 0 fully saturated rings. The Bertz CT molecular complexity index is 996. The van der Waals surface area contributed by atoms with Crippen LogP contribution in [0, 0.1) is 6.92 Å². The lowest BCUT2D eigenvalue weighted by atomic mass is 10.2. The van der Waals surface area contributed by atoms with Crippen LogP contribution >= 0.6 is 11.3 Å². The Morgan fingerprint density at radius 1 is 1.16 bits per heavy atom. The second-order valence-electron chi connectivity index (χ2n) is 5.70. The summed E-state index contributed by atoms with van der Waals surface area (Å²) in [5.74, 6) is -0.235. The Morgan fingerprint density at radius 2 is 1.92 bits per heavy atom. The van der Waals surface area contributed by atoms with Crippen LogP contribution < -0.4 is 5.32 Å². The first-order valence-corrected chi connectivity index (χ1v) is 10.4. The number of nitrogens with zero attached hydrogens (tertiary/aromatic N) is 1. The topological polar surface area (TPSA) is 76.1 Å². The predicted octanol–water partition coefficient (Wildman–Crippen LogP) is 3.80. The lowest BCUT2D eigenvalue weighted by molar-refractivity contribution is -0.116. The Kier molecular flexibility index (Phi) is 5.15. The number of nitrogens with one attached hydrogen (secondary N) is 1. The molecule has 130 valence electrons. The molecule has 0 aliphatic heterocycles. The van der Waals surface area contributed by atoms with E-state index in [1.165, 1.54) is 0 Å². The summed E-state index contributed by atoms with van der Waals surface area (Å²) in [4.78, 5) is 16.7. The molecular formula is C18H18N2O3S2. The highest BCUT2D eigenvalue weighted by Crippen LogP contribution is 2.24. The van der Waals surface area contributed by atoms with Crippen molar-refractivity contribution < 1.29 is 13.2 Å². The van der Waals surface area contributed by atoms with E-state index < -0.39 is 9.84 Å². The number of carbonyl (C=O) groups excluding carboxylic acids is 1. The fourth-order valence-corrected chi connectivity index (χ4v) is 4.71. The van der Waals surface area contributed by atoms with E-state index >= 15 is 0 Å². The highest BCUT2D eigenvalue weighted by molar-refractivity contribution is 7.91. The molecule has 0 spiro atoms. The van der Waals surface area contributed by atoms with Crippen molar-refractivity contribution in [3.05, 3.63) is 53.5 Å². The number of aromatic nitrogens is 1. The number of anilines is 1. The summed E-state index contributed by atoms with van der Waals surface area (Å²) in [7, 11) is -3.34. The summed E-state index contributed by atoms with van der Waals surface area (Å²) in [6, 6.07) is 13.9. The predicted molar refractivity (Wildman–Crippen MR) is 101 cm³/mol. The first-order valence-electron chi connectivity index (χ1n) is 7.89. The van der Waals surface area contributed by atoms with Crippen molar-refractivity contribution in [2.75, 3.05) is 11.1 Å². The summed E-state index contributed by atoms with van der Waals surface area (Å²) >= 11 is 1.57. The molecule has 1 amide bonds. The number of rotatable bonds is 6.